The van der Waals surface area contributed by atoms with Crippen molar-refractivity contribution in [3.63, 3.8) is 0 Å². The summed E-state index contributed by atoms with van der Waals surface area (Å²) in [4.78, 5) is 13.2. The van der Waals surface area contributed by atoms with Gasteiger partial charge in [-0.3, -0.25) is 4.79 Å². The van der Waals surface area contributed by atoms with Gasteiger partial charge >= 0.3 is 0 Å². The van der Waals surface area contributed by atoms with Crippen LogP contribution < -0.4 is 0 Å². The molecule has 0 unspecified atom stereocenters. The van der Waals surface area contributed by atoms with Crippen molar-refractivity contribution < 1.29 is 17.9 Å². The first-order valence-electron chi connectivity index (χ1n) is 9.48. The number of carbonyl (C=O) groups excluding carboxylic acids is 1. The predicted octanol–water partition coefficient (Wildman–Crippen LogP) is 3.52. The summed E-state index contributed by atoms with van der Waals surface area (Å²) in [6.45, 7) is 8.04. The number of nitrogens with zero attached hydrogens (tertiary/aromatic N) is 1. The molecule has 1 heterocycles. The van der Waals surface area contributed by atoms with Gasteiger partial charge in [-0.05, 0) is 45.2 Å². The van der Waals surface area contributed by atoms with E-state index in [1.807, 2.05) is 27.7 Å². The Morgan fingerprint density at radius 1 is 1.27 bits per heavy atom. The van der Waals surface area contributed by atoms with E-state index in [0.29, 0.717) is 19.4 Å². The maximum atomic E-state index is 13.4. The van der Waals surface area contributed by atoms with E-state index in [9.17, 15) is 13.2 Å². The summed E-state index contributed by atoms with van der Waals surface area (Å²) in [5, 5.41) is 0. The van der Waals surface area contributed by atoms with Crippen molar-refractivity contribution in [2.24, 2.45) is 11.3 Å². The summed E-state index contributed by atoms with van der Waals surface area (Å²) in [7, 11) is -3.74. The molecule has 144 valence electrons. The molecule has 0 bridgehead atoms. The summed E-state index contributed by atoms with van der Waals surface area (Å²) < 4.78 is 34.3. The van der Waals surface area contributed by atoms with Crippen LogP contribution in [0.2, 0.25) is 0 Å². The maximum Gasteiger partial charge on any atom is 0.245 e. The largest absolute Gasteiger partial charge is 0.359 e. The molecular weight excluding hydrogens is 350 g/mol. The summed E-state index contributed by atoms with van der Waals surface area (Å²) in [5.74, 6) is 0.0663. The molecule has 0 amide bonds. The Kier molecular flexibility index (Phi) is 5.30. The fraction of sp³-hybridized carbons (Fsp3) is 0.650. The Morgan fingerprint density at radius 2 is 1.92 bits per heavy atom. The molecule has 1 saturated heterocycles. The zero-order valence-corrected chi connectivity index (χ0v) is 16.9. The lowest BCUT2D eigenvalue weighted by Gasteiger charge is -2.42. The lowest BCUT2D eigenvalue weighted by molar-refractivity contribution is -0.147. The van der Waals surface area contributed by atoms with Crippen LogP contribution in [0.25, 0.3) is 0 Å². The van der Waals surface area contributed by atoms with Crippen LogP contribution >= 0.6 is 0 Å². The maximum absolute atomic E-state index is 13.4. The van der Waals surface area contributed by atoms with E-state index in [4.69, 9.17) is 4.74 Å². The van der Waals surface area contributed by atoms with Crippen LogP contribution in [0.15, 0.2) is 29.2 Å². The number of hydrogen-bond donors (Lipinski definition) is 0. The first-order chi connectivity index (χ1) is 12.2. The molecule has 0 aromatic heterocycles. The molecule has 0 spiro atoms. The molecule has 2 aliphatic rings. The van der Waals surface area contributed by atoms with Crippen LogP contribution in [0.1, 0.15) is 52.0 Å². The SMILES string of the molecule is CC[C@H]1CO[C@@H]([C@@]2(C)CCC[C@H](C)C2=O)N1S(=O)(=O)c1ccc(C)cc1. The van der Waals surface area contributed by atoms with Crippen LogP contribution in [-0.2, 0) is 19.6 Å². The molecule has 5 nitrogen and oxygen atoms in total. The van der Waals surface area contributed by atoms with Crippen LogP contribution in [0.3, 0.4) is 0 Å². The highest BCUT2D eigenvalue weighted by Gasteiger charge is 2.55. The molecule has 2 fully saturated rings. The van der Waals surface area contributed by atoms with E-state index in [2.05, 4.69) is 0 Å². The molecule has 0 N–H and O–H groups in total. The fourth-order valence-electron chi connectivity index (χ4n) is 4.30. The third-order valence-electron chi connectivity index (χ3n) is 5.99. The van der Waals surface area contributed by atoms with Crippen molar-refractivity contribution >= 4 is 15.8 Å². The van der Waals surface area contributed by atoms with Gasteiger partial charge in [0.1, 0.15) is 12.0 Å². The average molecular weight is 380 g/mol. The van der Waals surface area contributed by atoms with E-state index in [-0.39, 0.29) is 22.6 Å². The zero-order chi connectivity index (χ0) is 19.1. The summed E-state index contributed by atoms with van der Waals surface area (Å²) >= 11 is 0. The highest BCUT2D eigenvalue weighted by Crippen LogP contribution is 2.45. The van der Waals surface area contributed by atoms with Gasteiger partial charge in [-0.15, -0.1) is 0 Å². The number of Topliss-reactive ketones (excluding diaryl/α,β-unsaturated/α-hetero) is 1. The Balaban J connectivity index is 2.03. The summed E-state index contributed by atoms with van der Waals surface area (Å²) in [6.07, 6.45) is 2.37. The van der Waals surface area contributed by atoms with E-state index in [1.165, 1.54) is 4.31 Å². The van der Waals surface area contributed by atoms with Gasteiger partial charge in [-0.25, -0.2) is 8.42 Å². The number of ketones is 1. The van der Waals surface area contributed by atoms with E-state index in [1.54, 1.807) is 24.3 Å². The molecule has 1 aliphatic carbocycles. The first-order valence-corrected chi connectivity index (χ1v) is 10.9. The second kappa shape index (κ2) is 7.06. The number of hydrogen-bond acceptors (Lipinski definition) is 4. The van der Waals surface area contributed by atoms with Gasteiger partial charge in [-0.2, -0.15) is 4.31 Å². The standard InChI is InChI=1S/C20H29NO4S/c1-5-16-13-25-19(20(4)12-6-7-15(3)18(20)22)21(16)26(23,24)17-10-8-14(2)9-11-17/h8-11,15-16,19H,5-7,12-13H2,1-4H3/t15-,16-,19-,20-/m0/s1. The Labute approximate surface area is 156 Å². The van der Waals surface area contributed by atoms with Gasteiger partial charge in [0.25, 0.3) is 0 Å². The van der Waals surface area contributed by atoms with E-state index in [0.717, 1.165) is 18.4 Å². The molecule has 1 aromatic carbocycles. The third kappa shape index (κ3) is 3.12. The van der Waals surface area contributed by atoms with Gasteiger partial charge in [0, 0.05) is 5.92 Å². The molecular formula is C20H29NO4S. The summed E-state index contributed by atoms with van der Waals surface area (Å²) in [5.41, 5.74) is 0.216. The number of sulfonamides is 1. The van der Waals surface area contributed by atoms with Crippen LogP contribution in [0.5, 0.6) is 0 Å². The van der Waals surface area contributed by atoms with Gasteiger partial charge in [0.2, 0.25) is 10.0 Å². The number of benzene rings is 1. The second-order valence-corrected chi connectivity index (χ2v) is 9.81. The fourth-order valence-corrected chi connectivity index (χ4v) is 6.17. The number of carbonyl (C=O) groups is 1. The number of aryl methyl sites for hydroxylation is 1. The average Bonchev–Trinajstić information content (AvgIpc) is 3.05. The monoisotopic (exact) mass is 379 g/mol. The quantitative estimate of drug-likeness (QED) is 0.803. The van der Waals surface area contributed by atoms with Crippen LogP contribution in [0, 0.1) is 18.3 Å². The lowest BCUT2D eigenvalue weighted by atomic mass is 9.69. The van der Waals surface area contributed by atoms with Crippen molar-refractivity contribution in [2.75, 3.05) is 6.61 Å². The number of ether oxygens (including phenoxy) is 1. The van der Waals surface area contributed by atoms with Crippen molar-refractivity contribution in [3.05, 3.63) is 29.8 Å². The zero-order valence-electron chi connectivity index (χ0n) is 16.1. The normalized spacial score (nSPS) is 33.5. The molecule has 6 heteroatoms. The topological polar surface area (TPSA) is 63.7 Å². The molecule has 0 radical (unpaired) electrons. The van der Waals surface area contributed by atoms with Gasteiger partial charge in [0.15, 0.2) is 0 Å². The molecule has 1 aliphatic heterocycles. The summed E-state index contributed by atoms with van der Waals surface area (Å²) in [6, 6.07) is 6.64. The Bertz CT molecular complexity index is 774. The molecule has 26 heavy (non-hydrogen) atoms. The first kappa shape index (κ1) is 19.5. The van der Waals surface area contributed by atoms with Gasteiger partial charge in [0.05, 0.1) is 23.0 Å². The molecule has 1 saturated carbocycles. The third-order valence-corrected chi connectivity index (χ3v) is 7.91. The molecule has 1 aromatic rings. The minimum absolute atomic E-state index is 0.0537. The van der Waals surface area contributed by atoms with Crippen molar-refractivity contribution in [1.29, 1.82) is 0 Å². The number of rotatable bonds is 4. The van der Waals surface area contributed by atoms with Crippen molar-refractivity contribution in [1.82, 2.24) is 4.31 Å². The molecule has 3 rings (SSSR count). The highest BCUT2D eigenvalue weighted by atomic mass is 32.2. The van der Waals surface area contributed by atoms with Crippen molar-refractivity contribution in [2.45, 2.75) is 70.5 Å². The lowest BCUT2D eigenvalue weighted by Crippen LogP contribution is -2.54. The van der Waals surface area contributed by atoms with Crippen LogP contribution in [-0.4, -0.2) is 37.4 Å². The highest BCUT2D eigenvalue weighted by molar-refractivity contribution is 7.89. The second-order valence-electron chi connectivity index (χ2n) is 7.97. The van der Waals surface area contributed by atoms with Crippen LogP contribution in [0.4, 0.5) is 0 Å². The minimum Gasteiger partial charge on any atom is -0.359 e. The Morgan fingerprint density at radius 3 is 2.54 bits per heavy atom. The Hall–Kier alpha value is -1.24. The van der Waals surface area contributed by atoms with Gasteiger partial charge < -0.3 is 4.74 Å². The molecule has 4 atom stereocenters. The van der Waals surface area contributed by atoms with Crippen molar-refractivity contribution in [3.8, 4) is 0 Å². The predicted molar refractivity (Wildman–Crippen MR) is 100 cm³/mol. The minimum atomic E-state index is -3.74. The van der Waals surface area contributed by atoms with E-state index >= 15 is 0 Å². The smallest absolute Gasteiger partial charge is 0.245 e. The van der Waals surface area contributed by atoms with E-state index < -0.39 is 21.7 Å². The van der Waals surface area contributed by atoms with Gasteiger partial charge in [-0.1, -0.05) is 38.0 Å².